The van der Waals surface area contributed by atoms with Crippen LogP contribution in [-0.2, 0) is 7.05 Å². The van der Waals surface area contributed by atoms with Crippen molar-refractivity contribution < 1.29 is 4.79 Å². The number of nitrogens with one attached hydrogen (secondary N) is 2. The molecule has 0 fully saturated rings. The van der Waals surface area contributed by atoms with E-state index in [2.05, 4.69) is 10.6 Å². The molecule has 5 nitrogen and oxygen atoms in total. The molecule has 1 aromatic heterocycles. The number of carbonyl (C=O) groups excluding carboxylic acids is 1. The molecule has 32 heavy (non-hydrogen) atoms. The second kappa shape index (κ2) is 8.69. The zero-order valence-corrected chi connectivity index (χ0v) is 19.3. The number of pyridine rings is 1. The van der Waals surface area contributed by atoms with Gasteiger partial charge in [-0.3, -0.25) is 4.79 Å². The molecule has 0 spiro atoms. The summed E-state index contributed by atoms with van der Waals surface area (Å²) in [6.07, 6.45) is 0. The minimum Gasteiger partial charge on any atom is -0.310 e. The van der Waals surface area contributed by atoms with Gasteiger partial charge in [0.25, 0.3) is 5.56 Å². The highest BCUT2D eigenvalue weighted by Crippen LogP contribution is 2.38. The second-order valence-electron chi connectivity index (χ2n) is 7.63. The Morgan fingerprint density at radius 1 is 0.906 bits per heavy atom. The van der Waals surface area contributed by atoms with Crippen LogP contribution in [0, 0.1) is 13.8 Å². The molecule has 2 N–H and O–H groups in total. The van der Waals surface area contributed by atoms with Crippen LogP contribution in [-0.4, -0.2) is 10.6 Å². The molecule has 0 saturated heterocycles. The average molecular weight is 466 g/mol. The molecule has 4 aromatic rings. The minimum atomic E-state index is -0.541. The lowest BCUT2D eigenvalue weighted by atomic mass is 9.96. The zero-order chi connectivity index (χ0) is 23.0. The van der Waals surface area contributed by atoms with Gasteiger partial charge in [0.1, 0.15) is 5.69 Å². The molecule has 0 radical (unpaired) electrons. The second-order valence-corrected chi connectivity index (χ2v) is 8.48. The van der Waals surface area contributed by atoms with Crippen molar-refractivity contribution in [2.75, 3.05) is 10.6 Å². The number of aromatic nitrogens is 1. The number of rotatable bonds is 3. The standard InChI is InChI=1S/C25H21Cl2N3O2/c1-14-12-19-21(13-15(14)2)30(3)24(31)23(22(19)18-6-4-5-7-20(18)27)29-25(32)28-17-10-8-16(26)9-11-17/h4-13H,1-3H3,(H2,28,29,32). The van der Waals surface area contributed by atoms with E-state index < -0.39 is 6.03 Å². The highest BCUT2D eigenvalue weighted by atomic mass is 35.5. The smallest absolute Gasteiger partial charge is 0.310 e. The number of carbonyl (C=O) groups is 1. The monoisotopic (exact) mass is 465 g/mol. The number of fused-ring (bicyclic) bond motifs is 1. The Morgan fingerprint density at radius 2 is 1.56 bits per heavy atom. The molecule has 0 bridgehead atoms. The molecule has 162 valence electrons. The molecule has 3 aromatic carbocycles. The lowest BCUT2D eigenvalue weighted by Gasteiger charge is -2.19. The molecular formula is C25H21Cl2N3O2. The third kappa shape index (κ3) is 4.09. The van der Waals surface area contributed by atoms with Gasteiger partial charge in [-0.05, 0) is 67.4 Å². The van der Waals surface area contributed by atoms with Crippen molar-refractivity contribution in [1.29, 1.82) is 0 Å². The number of amides is 2. The third-order valence-corrected chi connectivity index (χ3v) is 6.08. The molecule has 1 heterocycles. The highest BCUT2D eigenvalue weighted by molar-refractivity contribution is 6.34. The van der Waals surface area contributed by atoms with Gasteiger partial charge >= 0.3 is 6.03 Å². The van der Waals surface area contributed by atoms with E-state index in [1.165, 1.54) is 0 Å². The van der Waals surface area contributed by atoms with Gasteiger partial charge in [-0.15, -0.1) is 0 Å². The average Bonchev–Trinajstić information content (AvgIpc) is 2.76. The number of hydrogen-bond acceptors (Lipinski definition) is 2. The first-order valence-electron chi connectivity index (χ1n) is 9.98. The van der Waals surface area contributed by atoms with Crippen molar-refractivity contribution in [3.8, 4) is 11.1 Å². The molecule has 7 heteroatoms. The maximum Gasteiger partial charge on any atom is 0.323 e. The molecule has 4 rings (SSSR count). The topological polar surface area (TPSA) is 63.1 Å². The highest BCUT2D eigenvalue weighted by Gasteiger charge is 2.21. The predicted octanol–water partition coefficient (Wildman–Crippen LogP) is 6.77. The predicted molar refractivity (Wildman–Crippen MR) is 133 cm³/mol. The Morgan fingerprint density at radius 3 is 2.25 bits per heavy atom. The van der Waals surface area contributed by atoms with Crippen molar-refractivity contribution in [2.24, 2.45) is 7.05 Å². The molecule has 0 atom stereocenters. The van der Waals surface area contributed by atoms with Crippen LogP contribution in [0.3, 0.4) is 0 Å². The Balaban J connectivity index is 1.92. The van der Waals surface area contributed by atoms with Crippen LogP contribution in [0.5, 0.6) is 0 Å². The number of anilines is 2. The van der Waals surface area contributed by atoms with Crippen LogP contribution < -0.4 is 16.2 Å². The van der Waals surface area contributed by atoms with Crippen molar-refractivity contribution >= 4 is 51.5 Å². The van der Waals surface area contributed by atoms with Gasteiger partial charge in [0, 0.05) is 39.3 Å². The van der Waals surface area contributed by atoms with Crippen molar-refractivity contribution in [3.05, 3.63) is 92.2 Å². The van der Waals surface area contributed by atoms with E-state index in [9.17, 15) is 9.59 Å². The molecule has 2 amide bonds. The SMILES string of the molecule is Cc1cc2c(-c3ccccc3Cl)c(NC(=O)Nc3ccc(Cl)cc3)c(=O)n(C)c2cc1C. The maximum atomic E-state index is 13.4. The fourth-order valence-electron chi connectivity index (χ4n) is 3.67. The Kier molecular flexibility index (Phi) is 5.96. The first kappa shape index (κ1) is 21.9. The van der Waals surface area contributed by atoms with Gasteiger partial charge in [0.2, 0.25) is 0 Å². The van der Waals surface area contributed by atoms with Gasteiger partial charge < -0.3 is 15.2 Å². The van der Waals surface area contributed by atoms with E-state index in [1.54, 1.807) is 41.9 Å². The van der Waals surface area contributed by atoms with Gasteiger partial charge in [-0.2, -0.15) is 0 Å². The van der Waals surface area contributed by atoms with Crippen molar-refractivity contribution in [2.45, 2.75) is 13.8 Å². The Labute approximate surface area is 195 Å². The van der Waals surface area contributed by atoms with E-state index in [1.807, 2.05) is 44.2 Å². The number of nitrogens with zero attached hydrogens (tertiary/aromatic N) is 1. The summed E-state index contributed by atoms with van der Waals surface area (Å²) in [5.74, 6) is 0. The number of hydrogen-bond donors (Lipinski definition) is 2. The summed E-state index contributed by atoms with van der Waals surface area (Å²) in [7, 11) is 1.69. The molecule has 0 saturated carbocycles. The van der Waals surface area contributed by atoms with Gasteiger partial charge in [0.15, 0.2) is 0 Å². The van der Waals surface area contributed by atoms with Crippen LogP contribution in [0.1, 0.15) is 11.1 Å². The number of aryl methyl sites for hydroxylation is 3. The summed E-state index contributed by atoms with van der Waals surface area (Å²) < 4.78 is 1.54. The van der Waals surface area contributed by atoms with Crippen LogP contribution in [0.4, 0.5) is 16.2 Å². The van der Waals surface area contributed by atoms with Crippen LogP contribution >= 0.6 is 23.2 Å². The molecular weight excluding hydrogens is 445 g/mol. The van der Waals surface area contributed by atoms with Gasteiger partial charge in [-0.1, -0.05) is 41.4 Å². The van der Waals surface area contributed by atoms with E-state index in [4.69, 9.17) is 23.2 Å². The summed E-state index contributed by atoms with van der Waals surface area (Å²) in [6.45, 7) is 4.01. The summed E-state index contributed by atoms with van der Waals surface area (Å²) in [6, 6.07) is 17.4. The molecule has 0 unspecified atom stereocenters. The number of halogens is 2. The largest absolute Gasteiger partial charge is 0.323 e. The van der Waals surface area contributed by atoms with Crippen molar-refractivity contribution in [1.82, 2.24) is 4.57 Å². The molecule has 0 aliphatic carbocycles. The first-order valence-corrected chi connectivity index (χ1v) is 10.7. The van der Waals surface area contributed by atoms with E-state index >= 15 is 0 Å². The van der Waals surface area contributed by atoms with Crippen LogP contribution in [0.2, 0.25) is 10.0 Å². The summed E-state index contributed by atoms with van der Waals surface area (Å²) in [5, 5.41) is 7.37. The summed E-state index contributed by atoms with van der Waals surface area (Å²) in [5.41, 5.74) is 4.53. The quantitative estimate of drug-likeness (QED) is 0.350. The van der Waals surface area contributed by atoms with E-state index in [-0.39, 0.29) is 11.2 Å². The fourth-order valence-corrected chi connectivity index (χ4v) is 4.02. The van der Waals surface area contributed by atoms with Crippen LogP contribution in [0.15, 0.2) is 65.5 Å². The third-order valence-electron chi connectivity index (χ3n) is 5.50. The van der Waals surface area contributed by atoms with E-state index in [0.717, 1.165) is 22.0 Å². The summed E-state index contributed by atoms with van der Waals surface area (Å²) >= 11 is 12.4. The number of urea groups is 1. The van der Waals surface area contributed by atoms with Gasteiger partial charge in [0.05, 0.1) is 5.52 Å². The lowest BCUT2D eigenvalue weighted by molar-refractivity contribution is 0.262. The zero-order valence-electron chi connectivity index (χ0n) is 17.8. The Hall–Kier alpha value is -3.28. The van der Waals surface area contributed by atoms with Crippen LogP contribution in [0.25, 0.3) is 22.0 Å². The van der Waals surface area contributed by atoms with Crippen molar-refractivity contribution in [3.63, 3.8) is 0 Å². The fraction of sp³-hybridized carbons (Fsp3) is 0.120. The minimum absolute atomic E-state index is 0.155. The van der Waals surface area contributed by atoms with Gasteiger partial charge in [-0.25, -0.2) is 4.79 Å². The summed E-state index contributed by atoms with van der Waals surface area (Å²) in [4.78, 5) is 26.2. The normalized spacial score (nSPS) is 10.9. The maximum absolute atomic E-state index is 13.4. The Bertz CT molecular complexity index is 1410. The van der Waals surface area contributed by atoms with E-state index in [0.29, 0.717) is 26.9 Å². The lowest BCUT2D eigenvalue weighted by Crippen LogP contribution is -2.28. The first-order chi connectivity index (χ1) is 15.3. The molecule has 0 aliphatic heterocycles. The number of benzene rings is 3. The molecule has 0 aliphatic rings.